The Hall–Kier alpha value is -2.34. The van der Waals surface area contributed by atoms with Gasteiger partial charge < -0.3 is 5.32 Å². The normalized spacial score (nSPS) is 16.2. The highest BCUT2D eigenvalue weighted by Crippen LogP contribution is 2.33. The molecule has 1 aliphatic rings. The highest BCUT2D eigenvalue weighted by Gasteiger charge is 2.38. The Morgan fingerprint density at radius 1 is 1.27 bits per heavy atom. The van der Waals surface area contributed by atoms with Gasteiger partial charge >= 0.3 is 6.03 Å². The summed E-state index contributed by atoms with van der Waals surface area (Å²) in [5.74, 6) is -0.125. The maximum absolute atomic E-state index is 12.6. The van der Waals surface area contributed by atoms with Crippen molar-refractivity contribution < 1.29 is 9.59 Å². The van der Waals surface area contributed by atoms with Gasteiger partial charge in [-0.2, -0.15) is 0 Å². The highest BCUT2D eigenvalue weighted by molar-refractivity contribution is 7.14. The van der Waals surface area contributed by atoms with Gasteiger partial charge in [-0.05, 0) is 36.1 Å². The second-order valence-electron chi connectivity index (χ2n) is 5.02. The fourth-order valence-corrected chi connectivity index (χ4v) is 3.26. The number of hydrogen-bond acceptors (Lipinski definition) is 3. The largest absolute Gasteiger partial charge is 0.355 e. The summed E-state index contributed by atoms with van der Waals surface area (Å²) in [6, 6.07) is 10.6. The van der Waals surface area contributed by atoms with Gasteiger partial charge in [-0.1, -0.05) is 18.2 Å². The summed E-state index contributed by atoms with van der Waals surface area (Å²) in [5, 5.41) is 8.33. The third-order valence-corrected chi connectivity index (χ3v) is 4.39. The van der Waals surface area contributed by atoms with Crippen LogP contribution in [0.2, 0.25) is 0 Å². The number of rotatable bonds is 3. The number of carbonyl (C=O) groups excluding carboxylic acids is 2. The minimum Gasteiger partial charge on any atom is -0.355 e. The van der Waals surface area contributed by atoms with E-state index < -0.39 is 6.04 Å². The second-order valence-corrected chi connectivity index (χ2v) is 5.97. The van der Waals surface area contributed by atoms with E-state index in [4.69, 9.17) is 0 Å². The van der Waals surface area contributed by atoms with E-state index in [1.165, 1.54) is 11.3 Å². The first-order valence-corrected chi connectivity index (χ1v) is 8.08. The van der Waals surface area contributed by atoms with Gasteiger partial charge in [0.2, 0.25) is 5.91 Å². The first-order valence-electron chi connectivity index (χ1n) is 7.20. The van der Waals surface area contributed by atoms with Crippen LogP contribution in [0.25, 0.3) is 0 Å². The third kappa shape index (κ3) is 2.69. The van der Waals surface area contributed by atoms with E-state index in [0.29, 0.717) is 13.0 Å². The van der Waals surface area contributed by atoms with Crippen molar-refractivity contribution in [2.45, 2.75) is 19.4 Å². The van der Waals surface area contributed by atoms with Gasteiger partial charge in [-0.3, -0.25) is 15.0 Å². The molecule has 2 heterocycles. The Morgan fingerprint density at radius 3 is 2.82 bits per heavy atom. The van der Waals surface area contributed by atoms with Crippen molar-refractivity contribution in [2.75, 3.05) is 16.8 Å². The molecule has 0 fully saturated rings. The van der Waals surface area contributed by atoms with Crippen molar-refractivity contribution in [3.63, 3.8) is 0 Å². The molecule has 5 nitrogen and oxygen atoms in total. The molecule has 6 heteroatoms. The smallest absolute Gasteiger partial charge is 0.327 e. The molecule has 22 heavy (non-hydrogen) atoms. The molecule has 0 unspecified atom stereocenters. The zero-order valence-corrected chi connectivity index (χ0v) is 13.0. The number of nitrogens with one attached hydrogen (secondary N) is 2. The van der Waals surface area contributed by atoms with Gasteiger partial charge in [0.15, 0.2) is 0 Å². The van der Waals surface area contributed by atoms with E-state index >= 15 is 0 Å². The number of nitrogens with zero attached hydrogens (tertiary/aromatic N) is 1. The predicted molar refractivity (Wildman–Crippen MR) is 88.4 cm³/mol. The van der Waals surface area contributed by atoms with Crippen LogP contribution in [0.5, 0.6) is 0 Å². The van der Waals surface area contributed by atoms with Crippen molar-refractivity contribution in [3.05, 3.63) is 47.3 Å². The third-order valence-electron chi connectivity index (χ3n) is 3.60. The van der Waals surface area contributed by atoms with E-state index in [1.54, 1.807) is 4.90 Å². The predicted octanol–water partition coefficient (Wildman–Crippen LogP) is 2.85. The van der Waals surface area contributed by atoms with Crippen LogP contribution >= 0.6 is 11.3 Å². The average Bonchev–Trinajstić information content (AvgIpc) is 3.14. The van der Waals surface area contributed by atoms with Crippen molar-refractivity contribution in [1.82, 2.24) is 5.32 Å². The zero-order valence-electron chi connectivity index (χ0n) is 12.2. The molecule has 0 saturated carbocycles. The van der Waals surface area contributed by atoms with E-state index in [9.17, 15) is 9.59 Å². The maximum Gasteiger partial charge on any atom is 0.327 e. The summed E-state index contributed by atoms with van der Waals surface area (Å²) in [6.07, 6.45) is 0.542. The quantitative estimate of drug-likeness (QED) is 0.915. The molecular formula is C16H17N3O2S. The van der Waals surface area contributed by atoms with E-state index in [0.717, 1.165) is 16.3 Å². The lowest BCUT2D eigenvalue weighted by Crippen LogP contribution is -2.49. The Kier molecular flexibility index (Phi) is 4.11. The summed E-state index contributed by atoms with van der Waals surface area (Å²) >= 11 is 1.45. The highest BCUT2D eigenvalue weighted by atomic mass is 32.1. The minimum absolute atomic E-state index is 0.125. The molecule has 0 saturated heterocycles. The lowest BCUT2D eigenvalue weighted by Gasteiger charge is -2.24. The van der Waals surface area contributed by atoms with Crippen molar-refractivity contribution in [2.24, 2.45) is 0 Å². The molecule has 1 aromatic heterocycles. The van der Waals surface area contributed by atoms with Crippen LogP contribution in [0.1, 0.15) is 12.5 Å². The van der Waals surface area contributed by atoms with Crippen molar-refractivity contribution in [1.29, 1.82) is 0 Å². The fourth-order valence-electron chi connectivity index (χ4n) is 2.65. The Balaban J connectivity index is 1.89. The summed E-state index contributed by atoms with van der Waals surface area (Å²) < 4.78 is 0. The molecule has 0 aliphatic carbocycles. The summed E-state index contributed by atoms with van der Waals surface area (Å²) in [7, 11) is 0. The molecule has 2 aromatic rings. The number of hydrogen-bond donors (Lipinski definition) is 2. The van der Waals surface area contributed by atoms with Gasteiger partial charge in [0.05, 0.1) is 5.00 Å². The molecule has 114 valence electrons. The van der Waals surface area contributed by atoms with E-state index in [2.05, 4.69) is 10.6 Å². The number of likely N-dealkylation sites (N-methyl/N-ethyl adjacent to an activating group) is 1. The van der Waals surface area contributed by atoms with Gasteiger partial charge in [-0.25, -0.2) is 4.79 Å². The van der Waals surface area contributed by atoms with Gasteiger partial charge in [0, 0.05) is 18.7 Å². The van der Waals surface area contributed by atoms with Crippen LogP contribution in [-0.2, 0) is 11.2 Å². The first kappa shape index (κ1) is 14.6. The van der Waals surface area contributed by atoms with Crippen molar-refractivity contribution >= 4 is 34.0 Å². The molecule has 2 N–H and O–H groups in total. The number of amides is 3. The first-order chi connectivity index (χ1) is 10.7. The number of urea groups is 1. The Morgan fingerprint density at radius 2 is 2.09 bits per heavy atom. The zero-order chi connectivity index (χ0) is 15.5. The number of para-hydroxylation sites is 1. The Bertz CT molecular complexity index is 684. The summed E-state index contributed by atoms with van der Waals surface area (Å²) in [6.45, 7) is 2.42. The van der Waals surface area contributed by atoms with Crippen LogP contribution in [0.3, 0.4) is 0 Å². The SMILES string of the molecule is CCNC(=O)[C@H]1Cc2ccccc2N1C(=O)Nc1cccs1. The van der Waals surface area contributed by atoms with Crippen LogP contribution in [0.4, 0.5) is 15.5 Å². The Labute approximate surface area is 132 Å². The summed E-state index contributed by atoms with van der Waals surface area (Å²) in [5.41, 5.74) is 1.81. The lowest BCUT2D eigenvalue weighted by molar-refractivity contribution is -0.122. The molecule has 1 aromatic carbocycles. The van der Waals surface area contributed by atoms with Crippen molar-refractivity contribution in [3.8, 4) is 0 Å². The van der Waals surface area contributed by atoms with E-state index in [1.807, 2.05) is 48.7 Å². The number of anilines is 2. The van der Waals surface area contributed by atoms with Gasteiger partial charge in [-0.15, -0.1) is 11.3 Å². The van der Waals surface area contributed by atoms with Gasteiger partial charge in [0.1, 0.15) is 6.04 Å². The van der Waals surface area contributed by atoms with Gasteiger partial charge in [0.25, 0.3) is 0 Å². The number of benzene rings is 1. The number of thiophene rings is 1. The lowest BCUT2D eigenvalue weighted by atomic mass is 10.1. The molecule has 0 bridgehead atoms. The molecule has 1 aliphatic heterocycles. The monoisotopic (exact) mass is 315 g/mol. The van der Waals surface area contributed by atoms with Crippen LogP contribution < -0.4 is 15.5 Å². The van der Waals surface area contributed by atoms with Crippen LogP contribution in [0, 0.1) is 0 Å². The van der Waals surface area contributed by atoms with Crippen LogP contribution in [-0.4, -0.2) is 24.5 Å². The van der Waals surface area contributed by atoms with Crippen LogP contribution in [0.15, 0.2) is 41.8 Å². The molecule has 0 radical (unpaired) electrons. The fraction of sp³-hybridized carbons (Fsp3) is 0.250. The minimum atomic E-state index is -0.502. The molecular weight excluding hydrogens is 298 g/mol. The molecule has 3 rings (SSSR count). The topological polar surface area (TPSA) is 61.4 Å². The molecule has 3 amide bonds. The number of carbonyl (C=O) groups is 2. The standard InChI is InChI=1S/C16H17N3O2S/c1-2-17-15(20)13-10-11-6-3-4-7-12(11)19(13)16(21)18-14-8-5-9-22-14/h3-9,13H,2,10H2,1H3,(H,17,20)(H,18,21)/t13-/m1/s1. The average molecular weight is 315 g/mol. The number of fused-ring (bicyclic) bond motifs is 1. The maximum atomic E-state index is 12.6. The van der Waals surface area contributed by atoms with E-state index in [-0.39, 0.29) is 11.9 Å². The molecule has 0 spiro atoms. The summed E-state index contributed by atoms with van der Waals surface area (Å²) in [4.78, 5) is 26.5. The molecule has 1 atom stereocenters. The second kappa shape index (κ2) is 6.19.